The van der Waals surface area contributed by atoms with Crippen molar-refractivity contribution in [1.29, 1.82) is 0 Å². The van der Waals surface area contributed by atoms with E-state index < -0.39 is 0 Å². The number of benzene rings is 1. The lowest BCUT2D eigenvalue weighted by Crippen LogP contribution is -2.23. The molecule has 5 heteroatoms. The maximum Gasteiger partial charge on any atom is 0.293 e. The van der Waals surface area contributed by atoms with Gasteiger partial charge in [0.1, 0.15) is 0 Å². The highest BCUT2D eigenvalue weighted by atomic mass is 16.1. The van der Waals surface area contributed by atoms with E-state index in [1.165, 1.54) is 0 Å². The number of nitrogens with zero attached hydrogens (tertiary/aromatic N) is 2. The molecule has 0 saturated carbocycles. The third-order valence-electron chi connectivity index (χ3n) is 2.55. The molecule has 0 bridgehead atoms. The minimum absolute atomic E-state index is 0.115. The van der Waals surface area contributed by atoms with Gasteiger partial charge in [0.05, 0.1) is 0 Å². The van der Waals surface area contributed by atoms with Crippen LogP contribution in [0.15, 0.2) is 41.5 Å². The summed E-state index contributed by atoms with van der Waals surface area (Å²) in [6, 6.07) is 7.17. The Morgan fingerprint density at radius 3 is 2.72 bits per heavy atom. The number of anilines is 3. The van der Waals surface area contributed by atoms with Gasteiger partial charge in [-0.05, 0) is 30.7 Å². The number of aryl methyl sites for hydroxylation is 1. The van der Waals surface area contributed by atoms with E-state index in [1.54, 1.807) is 29.1 Å². The maximum atomic E-state index is 12.0. The van der Waals surface area contributed by atoms with Crippen molar-refractivity contribution in [2.45, 2.75) is 19.9 Å². The van der Waals surface area contributed by atoms with Crippen molar-refractivity contribution in [1.82, 2.24) is 9.55 Å². The molecule has 0 unspecified atom stereocenters. The zero-order valence-electron chi connectivity index (χ0n) is 10.3. The Kier molecular flexibility index (Phi) is 3.62. The zero-order chi connectivity index (χ0) is 13.0. The molecule has 5 nitrogen and oxygen atoms in total. The van der Waals surface area contributed by atoms with E-state index in [0.29, 0.717) is 18.1 Å². The van der Waals surface area contributed by atoms with Gasteiger partial charge in [0.15, 0.2) is 5.82 Å². The van der Waals surface area contributed by atoms with Crippen molar-refractivity contribution in [2.75, 3.05) is 11.1 Å². The second-order valence-electron chi connectivity index (χ2n) is 4.02. The largest absolute Gasteiger partial charge is 0.399 e. The van der Waals surface area contributed by atoms with Gasteiger partial charge in [-0.2, -0.15) is 0 Å². The van der Waals surface area contributed by atoms with Crippen molar-refractivity contribution in [2.24, 2.45) is 0 Å². The summed E-state index contributed by atoms with van der Waals surface area (Å²) in [5.41, 5.74) is 6.97. The lowest BCUT2D eigenvalue weighted by molar-refractivity contribution is 0.650. The number of rotatable bonds is 4. The fraction of sp³-hybridized carbons (Fsp3) is 0.231. The second kappa shape index (κ2) is 5.35. The van der Waals surface area contributed by atoms with Gasteiger partial charge in [-0.25, -0.2) is 4.98 Å². The van der Waals surface area contributed by atoms with E-state index in [2.05, 4.69) is 10.3 Å². The van der Waals surface area contributed by atoms with Crippen molar-refractivity contribution >= 4 is 17.2 Å². The summed E-state index contributed by atoms with van der Waals surface area (Å²) in [6.07, 6.45) is 4.22. The summed E-state index contributed by atoms with van der Waals surface area (Å²) in [4.78, 5) is 16.1. The molecule has 94 valence electrons. The Labute approximate surface area is 105 Å². The monoisotopic (exact) mass is 244 g/mol. The van der Waals surface area contributed by atoms with E-state index in [0.717, 1.165) is 12.1 Å². The number of hydrogen-bond donors (Lipinski definition) is 2. The lowest BCUT2D eigenvalue weighted by atomic mass is 10.3. The standard InChI is InChI=1S/C13H16N4O/c1-2-8-17-9-7-15-12(13(17)18)16-11-5-3-10(14)4-6-11/h3-7,9H,2,8,14H2,1H3,(H,15,16). The highest BCUT2D eigenvalue weighted by Gasteiger charge is 2.04. The van der Waals surface area contributed by atoms with Crippen molar-refractivity contribution in [3.63, 3.8) is 0 Å². The van der Waals surface area contributed by atoms with Gasteiger partial charge in [0, 0.05) is 30.3 Å². The zero-order valence-corrected chi connectivity index (χ0v) is 10.3. The molecule has 0 aliphatic heterocycles. The minimum Gasteiger partial charge on any atom is -0.399 e. The molecule has 0 atom stereocenters. The molecule has 1 aromatic carbocycles. The molecule has 2 rings (SSSR count). The number of nitrogens with one attached hydrogen (secondary N) is 1. The highest BCUT2D eigenvalue weighted by molar-refractivity contribution is 5.58. The van der Waals surface area contributed by atoms with Crippen LogP contribution in [0.5, 0.6) is 0 Å². The van der Waals surface area contributed by atoms with Crippen LogP contribution in [0.1, 0.15) is 13.3 Å². The summed E-state index contributed by atoms with van der Waals surface area (Å²) in [5, 5.41) is 3.00. The third-order valence-corrected chi connectivity index (χ3v) is 2.55. The van der Waals surface area contributed by atoms with Crippen LogP contribution in [0.4, 0.5) is 17.2 Å². The van der Waals surface area contributed by atoms with E-state index in [9.17, 15) is 4.79 Å². The Balaban J connectivity index is 2.26. The number of nitrogen functional groups attached to an aromatic ring is 1. The highest BCUT2D eigenvalue weighted by Crippen LogP contribution is 2.13. The van der Waals surface area contributed by atoms with Gasteiger partial charge in [-0.1, -0.05) is 6.92 Å². The first-order chi connectivity index (χ1) is 8.70. The molecule has 2 aromatic rings. The quantitative estimate of drug-likeness (QED) is 0.806. The first-order valence-corrected chi connectivity index (χ1v) is 5.88. The average molecular weight is 244 g/mol. The Morgan fingerprint density at radius 2 is 2.06 bits per heavy atom. The van der Waals surface area contributed by atoms with Crippen LogP contribution in [0.3, 0.4) is 0 Å². The van der Waals surface area contributed by atoms with Crippen LogP contribution in [-0.2, 0) is 6.54 Å². The molecule has 18 heavy (non-hydrogen) atoms. The smallest absolute Gasteiger partial charge is 0.293 e. The van der Waals surface area contributed by atoms with Crippen LogP contribution in [-0.4, -0.2) is 9.55 Å². The summed E-state index contributed by atoms with van der Waals surface area (Å²) < 4.78 is 1.65. The molecular weight excluding hydrogens is 228 g/mol. The molecule has 0 fully saturated rings. The lowest BCUT2D eigenvalue weighted by Gasteiger charge is -2.08. The maximum absolute atomic E-state index is 12.0. The second-order valence-corrected chi connectivity index (χ2v) is 4.02. The van der Waals surface area contributed by atoms with E-state index in [-0.39, 0.29) is 5.56 Å². The SMILES string of the molecule is CCCn1ccnc(Nc2ccc(N)cc2)c1=O. The van der Waals surface area contributed by atoms with Gasteiger partial charge < -0.3 is 15.6 Å². The van der Waals surface area contributed by atoms with Crippen molar-refractivity contribution in [3.05, 3.63) is 47.0 Å². The molecule has 0 radical (unpaired) electrons. The number of nitrogens with two attached hydrogens (primary N) is 1. The first kappa shape index (κ1) is 12.2. The molecule has 0 aliphatic carbocycles. The number of hydrogen-bond acceptors (Lipinski definition) is 4. The Bertz CT molecular complexity index is 574. The molecule has 3 N–H and O–H groups in total. The molecule has 0 amide bonds. The molecule has 1 aromatic heterocycles. The molecule has 1 heterocycles. The van der Waals surface area contributed by atoms with Crippen LogP contribution < -0.4 is 16.6 Å². The van der Waals surface area contributed by atoms with E-state index in [1.807, 2.05) is 19.1 Å². The predicted molar refractivity (Wildman–Crippen MR) is 72.9 cm³/mol. The Morgan fingerprint density at radius 1 is 1.33 bits per heavy atom. The molecule has 0 saturated heterocycles. The van der Waals surface area contributed by atoms with E-state index in [4.69, 9.17) is 5.73 Å². The first-order valence-electron chi connectivity index (χ1n) is 5.88. The third kappa shape index (κ3) is 2.68. The normalized spacial score (nSPS) is 10.3. The van der Waals surface area contributed by atoms with Crippen LogP contribution >= 0.6 is 0 Å². The van der Waals surface area contributed by atoms with Gasteiger partial charge >= 0.3 is 0 Å². The molecule has 0 spiro atoms. The van der Waals surface area contributed by atoms with Crippen LogP contribution in [0.2, 0.25) is 0 Å². The van der Waals surface area contributed by atoms with Crippen molar-refractivity contribution < 1.29 is 0 Å². The summed E-state index contributed by atoms with van der Waals surface area (Å²) in [7, 11) is 0. The minimum atomic E-state index is -0.115. The van der Waals surface area contributed by atoms with Crippen LogP contribution in [0, 0.1) is 0 Å². The average Bonchev–Trinajstić information content (AvgIpc) is 2.37. The summed E-state index contributed by atoms with van der Waals surface area (Å²) >= 11 is 0. The summed E-state index contributed by atoms with van der Waals surface area (Å²) in [5.74, 6) is 0.329. The molecule has 0 aliphatic rings. The van der Waals surface area contributed by atoms with Gasteiger partial charge in [0.25, 0.3) is 5.56 Å². The molecular formula is C13H16N4O. The van der Waals surface area contributed by atoms with E-state index >= 15 is 0 Å². The Hall–Kier alpha value is -2.30. The van der Waals surface area contributed by atoms with Crippen LogP contribution in [0.25, 0.3) is 0 Å². The summed E-state index contributed by atoms with van der Waals surface area (Å²) in [6.45, 7) is 2.72. The topological polar surface area (TPSA) is 72.9 Å². The van der Waals surface area contributed by atoms with Gasteiger partial charge in [0.2, 0.25) is 0 Å². The fourth-order valence-corrected chi connectivity index (χ4v) is 1.65. The predicted octanol–water partition coefficient (Wildman–Crippen LogP) is 1.98. The van der Waals surface area contributed by atoms with Gasteiger partial charge in [-0.3, -0.25) is 4.79 Å². The van der Waals surface area contributed by atoms with Gasteiger partial charge in [-0.15, -0.1) is 0 Å². The van der Waals surface area contributed by atoms with Crippen molar-refractivity contribution in [3.8, 4) is 0 Å². The fourth-order valence-electron chi connectivity index (χ4n) is 1.65. The number of aromatic nitrogens is 2.